The third-order valence-corrected chi connectivity index (χ3v) is 6.11. The molecule has 3 nitrogen and oxygen atoms in total. The predicted molar refractivity (Wildman–Crippen MR) is 122 cm³/mol. The van der Waals surface area contributed by atoms with Gasteiger partial charge in [-0.1, -0.05) is 76.6 Å². The molecule has 1 unspecified atom stereocenters. The van der Waals surface area contributed by atoms with Gasteiger partial charge in [0.25, 0.3) is 0 Å². The van der Waals surface area contributed by atoms with Gasteiger partial charge >= 0.3 is 0 Å². The SMILES string of the molecule is Brc1ccccc1C(c1ccc(OCc2ccccc2)cc1)N1CCCNCC1. The Morgan fingerprint density at radius 1 is 0.862 bits per heavy atom. The van der Waals surface area contributed by atoms with Crippen molar-refractivity contribution in [3.63, 3.8) is 0 Å². The van der Waals surface area contributed by atoms with E-state index in [0.29, 0.717) is 6.61 Å². The van der Waals surface area contributed by atoms with Gasteiger partial charge in [-0.05, 0) is 47.9 Å². The summed E-state index contributed by atoms with van der Waals surface area (Å²) in [5, 5.41) is 3.52. The van der Waals surface area contributed by atoms with Crippen LogP contribution in [0, 0.1) is 0 Å². The molecule has 0 radical (unpaired) electrons. The van der Waals surface area contributed by atoms with Gasteiger partial charge in [-0.2, -0.15) is 0 Å². The molecule has 29 heavy (non-hydrogen) atoms. The lowest BCUT2D eigenvalue weighted by Gasteiger charge is -2.32. The molecule has 4 rings (SSSR count). The van der Waals surface area contributed by atoms with E-state index in [1.807, 2.05) is 18.2 Å². The number of nitrogens with one attached hydrogen (secondary N) is 1. The summed E-state index contributed by atoms with van der Waals surface area (Å²) in [5.41, 5.74) is 3.79. The normalized spacial score (nSPS) is 16.2. The van der Waals surface area contributed by atoms with Gasteiger partial charge in [0.2, 0.25) is 0 Å². The van der Waals surface area contributed by atoms with Crippen molar-refractivity contribution >= 4 is 15.9 Å². The summed E-state index contributed by atoms with van der Waals surface area (Å²) in [4.78, 5) is 2.58. The number of rotatable bonds is 6. The van der Waals surface area contributed by atoms with E-state index in [-0.39, 0.29) is 6.04 Å². The molecule has 0 aromatic heterocycles. The average Bonchev–Trinajstić information content (AvgIpc) is 3.05. The van der Waals surface area contributed by atoms with Gasteiger partial charge in [0.05, 0.1) is 6.04 Å². The molecule has 1 fully saturated rings. The van der Waals surface area contributed by atoms with Crippen molar-refractivity contribution in [1.82, 2.24) is 10.2 Å². The molecule has 0 saturated carbocycles. The molecule has 1 aliphatic heterocycles. The maximum atomic E-state index is 5.99. The molecule has 1 heterocycles. The molecule has 0 aliphatic carbocycles. The summed E-state index contributed by atoms with van der Waals surface area (Å²) in [7, 11) is 0. The molecule has 3 aromatic rings. The zero-order valence-electron chi connectivity index (χ0n) is 16.6. The maximum absolute atomic E-state index is 5.99. The average molecular weight is 451 g/mol. The predicted octanol–water partition coefficient (Wildman–Crippen LogP) is 5.41. The molecule has 3 aromatic carbocycles. The second kappa shape index (κ2) is 10.1. The smallest absolute Gasteiger partial charge is 0.119 e. The summed E-state index contributed by atoms with van der Waals surface area (Å²) in [6.07, 6.45) is 1.17. The summed E-state index contributed by atoms with van der Waals surface area (Å²) >= 11 is 3.78. The zero-order chi connectivity index (χ0) is 19.9. The number of ether oxygens (including phenoxy) is 1. The van der Waals surface area contributed by atoms with E-state index in [4.69, 9.17) is 4.74 Å². The highest BCUT2D eigenvalue weighted by Crippen LogP contribution is 2.34. The van der Waals surface area contributed by atoms with E-state index in [1.165, 1.54) is 23.1 Å². The first-order valence-corrected chi connectivity index (χ1v) is 11.1. The Balaban J connectivity index is 1.56. The van der Waals surface area contributed by atoms with Gasteiger partial charge in [0.15, 0.2) is 0 Å². The van der Waals surface area contributed by atoms with E-state index in [0.717, 1.165) is 36.4 Å². The fraction of sp³-hybridized carbons (Fsp3) is 0.280. The van der Waals surface area contributed by atoms with Gasteiger partial charge in [-0.3, -0.25) is 4.90 Å². The second-order valence-electron chi connectivity index (χ2n) is 7.41. The Morgan fingerprint density at radius 2 is 1.62 bits per heavy atom. The van der Waals surface area contributed by atoms with Gasteiger partial charge in [0.1, 0.15) is 12.4 Å². The molecule has 150 valence electrons. The minimum atomic E-state index is 0.230. The van der Waals surface area contributed by atoms with Crippen molar-refractivity contribution in [3.05, 3.63) is 100 Å². The molecule has 0 bridgehead atoms. The van der Waals surface area contributed by atoms with Crippen LogP contribution in [-0.2, 0) is 6.61 Å². The Labute approximate surface area is 181 Å². The van der Waals surface area contributed by atoms with Crippen LogP contribution in [0.4, 0.5) is 0 Å². The molecule has 0 spiro atoms. The first-order valence-electron chi connectivity index (χ1n) is 10.3. The van der Waals surface area contributed by atoms with Crippen molar-refractivity contribution < 1.29 is 4.74 Å². The van der Waals surface area contributed by atoms with Crippen LogP contribution in [0.5, 0.6) is 5.75 Å². The van der Waals surface area contributed by atoms with Gasteiger partial charge < -0.3 is 10.1 Å². The minimum Gasteiger partial charge on any atom is -0.489 e. The maximum Gasteiger partial charge on any atom is 0.119 e. The standard InChI is InChI=1S/C25H27BrN2O/c26-24-10-5-4-9-23(24)25(28-17-6-15-27-16-18-28)21-11-13-22(14-12-21)29-19-20-7-2-1-3-8-20/h1-5,7-14,25,27H,6,15-19H2. The highest BCUT2D eigenvalue weighted by Gasteiger charge is 2.24. The highest BCUT2D eigenvalue weighted by atomic mass is 79.9. The molecule has 4 heteroatoms. The number of hydrogen-bond donors (Lipinski definition) is 1. The van der Waals surface area contributed by atoms with Gasteiger partial charge in [-0.25, -0.2) is 0 Å². The van der Waals surface area contributed by atoms with Crippen LogP contribution < -0.4 is 10.1 Å². The van der Waals surface area contributed by atoms with Crippen molar-refractivity contribution in [2.24, 2.45) is 0 Å². The third kappa shape index (κ3) is 5.27. The Hall–Kier alpha value is -2.14. The largest absolute Gasteiger partial charge is 0.489 e. The van der Waals surface area contributed by atoms with Crippen LogP contribution in [0.3, 0.4) is 0 Å². The molecule has 1 N–H and O–H groups in total. The number of halogens is 1. The van der Waals surface area contributed by atoms with Crippen LogP contribution in [0.25, 0.3) is 0 Å². The quantitative estimate of drug-likeness (QED) is 0.542. The Kier molecular flexibility index (Phi) is 6.99. The molecule has 1 atom stereocenters. The van der Waals surface area contributed by atoms with Crippen LogP contribution in [0.1, 0.15) is 29.2 Å². The van der Waals surface area contributed by atoms with Crippen molar-refractivity contribution in [2.75, 3.05) is 26.2 Å². The van der Waals surface area contributed by atoms with E-state index in [9.17, 15) is 0 Å². The summed E-state index contributed by atoms with van der Waals surface area (Å²) in [6, 6.07) is 27.7. The highest BCUT2D eigenvalue weighted by molar-refractivity contribution is 9.10. The number of hydrogen-bond acceptors (Lipinski definition) is 3. The van der Waals surface area contributed by atoms with Crippen LogP contribution in [-0.4, -0.2) is 31.1 Å². The monoisotopic (exact) mass is 450 g/mol. The zero-order valence-corrected chi connectivity index (χ0v) is 18.1. The molecule has 0 amide bonds. The van der Waals surface area contributed by atoms with Gasteiger partial charge in [0, 0.05) is 24.1 Å². The lowest BCUT2D eigenvalue weighted by molar-refractivity contribution is 0.240. The topological polar surface area (TPSA) is 24.5 Å². The lowest BCUT2D eigenvalue weighted by Crippen LogP contribution is -2.33. The van der Waals surface area contributed by atoms with Crippen LogP contribution in [0.2, 0.25) is 0 Å². The Morgan fingerprint density at radius 3 is 2.41 bits per heavy atom. The lowest BCUT2D eigenvalue weighted by atomic mass is 9.96. The fourth-order valence-corrected chi connectivity index (χ4v) is 4.40. The molecule has 1 aliphatic rings. The summed E-state index contributed by atoms with van der Waals surface area (Å²) < 4.78 is 7.15. The number of nitrogens with zero attached hydrogens (tertiary/aromatic N) is 1. The number of benzene rings is 3. The Bertz CT molecular complexity index is 890. The minimum absolute atomic E-state index is 0.230. The third-order valence-electron chi connectivity index (χ3n) is 5.38. The van der Waals surface area contributed by atoms with Crippen LogP contribution in [0.15, 0.2) is 83.3 Å². The van der Waals surface area contributed by atoms with Crippen molar-refractivity contribution in [3.8, 4) is 5.75 Å². The molecular weight excluding hydrogens is 424 g/mol. The van der Waals surface area contributed by atoms with E-state index in [1.54, 1.807) is 0 Å². The van der Waals surface area contributed by atoms with E-state index >= 15 is 0 Å². The second-order valence-corrected chi connectivity index (χ2v) is 8.26. The molecular formula is C25H27BrN2O. The first kappa shape index (κ1) is 20.1. The summed E-state index contributed by atoms with van der Waals surface area (Å²) in [5.74, 6) is 0.904. The van der Waals surface area contributed by atoms with Crippen molar-refractivity contribution in [2.45, 2.75) is 19.1 Å². The van der Waals surface area contributed by atoms with Crippen LogP contribution >= 0.6 is 15.9 Å². The van der Waals surface area contributed by atoms with E-state index in [2.05, 4.69) is 86.8 Å². The van der Waals surface area contributed by atoms with E-state index < -0.39 is 0 Å². The fourth-order valence-electron chi connectivity index (χ4n) is 3.90. The van der Waals surface area contributed by atoms with Gasteiger partial charge in [-0.15, -0.1) is 0 Å². The molecule has 1 saturated heterocycles. The first-order chi connectivity index (χ1) is 14.3. The van der Waals surface area contributed by atoms with Crippen molar-refractivity contribution in [1.29, 1.82) is 0 Å². The summed E-state index contributed by atoms with van der Waals surface area (Å²) in [6.45, 7) is 4.83.